The lowest BCUT2D eigenvalue weighted by Gasteiger charge is -2.13. The van der Waals surface area contributed by atoms with Gasteiger partial charge in [-0.1, -0.05) is 23.7 Å². The fraction of sp³-hybridized carbons (Fsp3) is 0.125. The predicted molar refractivity (Wildman–Crippen MR) is 89.5 cm³/mol. The Balaban J connectivity index is 1.99. The number of nitrogens with zero attached hydrogens (tertiary/aromatic N) is 1. The lowest BCUT2D eigenvalue weighted by atomic mass is 10.2. The van der Waals surface area contributed by atoms with Crippen LogP contribution in [0.25, 0.3) is 0 Å². The summed E-state index contributed by atoms with van der Waals surface area (Å²) in [6.45, 7) is 0. The van der Waals surface area contributed by atoms with Gasteiger partial charge >= 0.3 is 11.8 Å². The molecule has 114 valence electrons. The third-order valence-corrected chi connectivity index (χ3v) is 3.30. The fourth-order valence-electron chi connectivity index (χ4n) is 1.77. The highest BCUT2D eigenvalue weighted by atomic mass is 35.5. The van der Waals surface area contributed by atoms with Gasteiger partial charge in [0.15, 0.2) is 0 Å². The van der Waals surface area contributed by atoms with Gasteiger partial charge in [-0.2, -0.15) is 0 Å². The molecule has 0 unspecified atom stereocenters. The van der Waals surface area contributed by atoms with Gasteiger partial charge in [-0.05, 0) is 36.4 Å². The van der Waals surface area contributed by atoms with E-state index in [0.717, 1.165) is 5.69 Å². The molecule has 0 spiro atoms. The van der Waals surface area contributed by atoms with E-state index in [4.69, 9.17) is 11.6 Å². The maximum Gasteiger partial charge on any atom is 0.314 e. The standard InChI is InChI=1S/C16H16ClN3O2/c1-20(2)12-9-7-11(8-10-12)18-15(21)16(22)19-14-6-4-3-5-13(14)17/h3-10H,1-2H3,(H,18,21)(H,19,22). The molecule has 6 heteroatoms. The Labute approximate surface area is 133 Å². The van der Waals surface area contributed by atoms with Crippen LogP contribution in [-0.2, 0) is 9.59 Å². The molecule has 0 aromatic heterocycles. The lowest BCUT2D eigenvalue weighted by Crippen LogP contribution is -2.29. The molecule has 0 saturated heterocycles. The molecule has 0 aliphatic carbocycles. The topological polar surface area (TPSA) is 61.4 Å². The van der Waals surface area contributed by atoms with E-state index in [1.165, 1.54) is 0 Å². The quantitative estimate of drug-likeness (QED) is 0.856. The van der Waals surface area contributed by atoms with E-state index in [9.17, 15) is 9.59 Å². The van der Waals surface area contributed by atoms with Gasteiger partial charge in [0, 0.05) is 25.5 Å². The molecule has 2 N–H and O–H groups in total. The molecule has 0 fully saturated rings. The molecular weight excluding hydrogens is 302 g/mol. The number of halogens is 1. The van der Waals surface area contributed by atoms with Gasteiger partial charge in [0.05, 0.1) is 10.7 Å². The SMILES string of the molecule is CN(C)c1ccc(NC(=O)C(=O)Nc2ccccc2Cl)cc1. The third-order valence-electron chi connectivity index (χ3n) is 2.97. The fourth-order valence-corrected chi connectivity index (χ4v) is 1.96. The number of hydrogen-bond donors (Lipinski definition) is 2. The minimum absolute atomic E-state index is 0.374. The molecule has 5 nitrogen and oxygen atoms in total. The molecule has 2 aromatic rings. The number of benzene rings is 2. The first-order valence-electron chi connectivity index (χ1n) is 6.61. The number of nitrogens with one attached hydrogen (secondary N) is 2. The van der Waals surface area contributed by atoms with Gasteiger partial charge in [0.2, 0.25) is 0 Å². The Morgan fingerprint density at radius 3 is 2.09 bits per heavy atom. The number of carbonyl (C=O) groups excluding carboxylic acids is 2. The summed E-state index contributed by atoms with van der Waals surface area (Å²) in [4.78, 5) is 25.7. The smallest absolute Gasteiger partial charge is 0.314 e. The zero-order valence-corrected chi connectivity index (χ0v) is 13.0. The van der Waals surface area contributed by atoms with Crippen LogP contribution in [0, 0.1) is 0 Å². The first-order chi connectivity index (χ1) is 10.5. The van der Waals surface area contributed by atoms with Crippen LogP contribution >= 0.6 is 11.6 Å². The zero-order valence-electron chi connectivity index (χ0n) is 12.3. The monoisotopic (exact) mass is 317 g/mol. The van der Waals surface area contributed by atoms with Gasteiger partial charge < -0.3 is 15.5 Å². The van der Waals surface area contributed by atoms with Crippen molar-refractivity contribution in [3.05, 3.63) is 53.6 Å². The van der Waals surface area contributed by atoms with Crippen LogP contribution in [0.2, 0.25) is 5.02 Å². The van der Waals surface area contributed by atoms with E-state index in [2.05, 4.69) is 10.6 Å². The van der Waals surface area contributed by atoms with Crippen molar-refractivity contribution in [3.8, 4) is 0 Å². The van der Waals surface area contributed by atoms with Crippen LogP contribution in [0.1, 0.15) is 0 Å². The molecule has 22 heavy (non-hydrogen) atoms. The maximum atomic E-state index is 11.9. The first kappa shape index (κ1) is 15.9. The Morgan fingerprint density at radius 2 is 1.50 bits per heavy atom. The van der Waals surface area contributed by atoms with Gasteiger partial charge in [-0.15, -0.1) is 0 Å². The van der Waals surface area contributed by atoms with E-state index in [1.54, 1.807) is 36.4 Å². The van der Waals surface area contributed by atoms with Crippen LogP contribution in [0.4, 0.5) is 17.1 Å². The van der Waals surface area contributed by atoms with Crippen LogP contribution in [-0.4, -0.2) is 25.9 Å². The van der Waals surface area contributed by atoms with Crippen LogP contribution in [0.3, 0.4) is 0 Å². The van der Waals surface area contributed by atoms with Crippen molar-refractivity contribution in [2.24, 2.45) is 0 Å². The highest BCUT2D eigenvalue weighted by molar-refractivity contribution is 6.44. The molecule has 0 aliphatic heterocycles. The van der Waals surface area contributed by atoms with Gasteiger partial charge in [0.25, 0.3) is 0 Å². The summed E-state index contributed by atoms with van der Waals surface area (Å²) < 4.78 is 0. The molecule has 0 radical (unpaired) electrons. The van der Waals surface area contributed by atoms with Crippen molar-refractivity contribution in [2.45, 2.75) is 0 Å². The molecule has 0 heterocycles. The summed E-state index contributed by atoms with van der Waals surface area (Å²) >= 11 is 5.93. The lowest BCUT2D eigenvalue weighted by molar-refractivity contribution is -0.132. The van der Waals surface area contributed by atoms with Crippen molar-refractivity contribution in [1.29, 1.82) is 0 Å². The van der Waals surface area contributed by atoms with Gasteiger partial charge in [0.1, 0.15) is 0 Å². The molecular formula is C16H16ClN3O2. The van der Waals surface area contributed by atoms with E-state index >= 15 is 0 Å². The summed E-state index contributed by atoms with van der Waals surface area (Å²) in [5, 5.41) is 5.38. The average molecular weight is 318 g/mol. The third kappa shape index (κ3) is 3.99. The van der Waals surface area contributed by atoms with Gasteiger partial charge in [-0.25, -0.2) is 0 Å². The van der Waals surface area contributed by atoms with Crippen molar-refractivity contribution < 1.29 is 9.59 Å². The van der Waals surface area contributed by atoms with E-state index < -0.39 is 11.8 Å². The Hall–Kier alpha value is -2.53. The first-order valence-corrected chi connectivity index (χ1v) is 6.99. The summed E-state index contributed by atoms with van der Waals surface area (Å²) in [6, 6.07) is 13.9. The molecule has 0 saturated carbocycles. The number of hydrogen-bond acceptors (Lipinski definition) is 3. The molecule has 0 bridgehead atoms. The van der Waals surface area contributed by atoms with Crippen molar-refractivity contribution >= 4 is 40.5 Å². The van der Waals surface area contributed by atoms with E-state index in [1.807, 2.05) is 31.1 Å². The highest BCUT2D eigenvalue weighted by Crippen LogP contribution is 2.20. The maximum absolute atomic E-state index is 11.9. The number of para-hydroxylation sites is 1. The number of amides is 2. The Bertz CT molecular complexity index is 684. The Kier molecular flexibility index (Phi) is 5.01. The Morgan fingerprint density at radius 1 is 0.909 bits per heavy atom. The second-order valence-corrected chi connectivity index (χ2v) is 5.24. The highest BCUT2D eigenvalue weighted by Gasteiger charge is 2.15. The second kappa shape index (κ2) is 6.95. The van der Waals surface area contributed by atoms with Gasteiger partial charge in [-0.3, -0.25) is 9.59 Å². The van der Waals surface area contributed by atoms with Crippen molar-refractivity contribution in [3.63, 3.8) is 0 Å². The summed E-state index contributed by atoms with van der Waals surface area (Å²) in [7, 11) is 3.84. The minimum atomic E-state index is -0.773. The normalized spacial score (nSPS) is 9.95. The molecule has 2 aromatic carbocycles. The molecule has 0 aliphatic rings. The largest absolute Gasteiger partial charge is 0.378 e. The summed E-state index contributed by atoms with van der Waals surface area (Å²) in [6.07, 6.45) is 0. The van der Waals surface area contributed by atoms with Crippen molar-refractivity contribution in [1.82, 2.24) is 0 Å². The average Bonchev–Trinajstić information content (AvgIpc) is 2.50. The summed E-state index contributed by atoms with van der Waals surface area (Å²) in [5.74, 6) is -1.53. The number of anilines is 3. The molecule has 2 amide bonds. The van der Waals surface area contributed by atoms with Crippen LogP contribution in [0.15, 0.2) is 48.5 Å². The number of rotatable bonds is 3. The predicted octanol–water partition coefficient (Wildman–Crippen LogP) is 2.98. The second-order valence-electron chi connectivity index (χ2n) is 4.83. The van der Waals surface area contributed by atoms with E-state index in [-0.39, 0.29) is 0 Å². The summed E-state index contributed by atoms with van der Waals surface area (Å²) in [5.41, 5.74) is 1.94. The van der Waals surface area contributed by atoms with Crippen LogP contribution in [0.5, 0.6) is 0 Å². The zero-order chi connectivity index (χ0) is 16.1. The van der Waals surface area contributed by atoms with Crippen molar-refractivity contribution in [2.75, 3.05) is 29.6 Å². The molecule has 0 atom stereocenters. The van der Waals surface area contributed by atoms with E-state index in [0.29, 0.717) is 16.4 Å². The minimum Gasteiger partial charge on any atom is -0.378 e. The van der Waals surface area contributed by atoms with Crippen LogP contribution < -0.4 is 15.5 Å². The number of carbonyl (C=O) groups is 2. The molecule has 2 rings (SSSR count).